The lowest BCUT2D eigenvalue weighted by Crippen LogP contribution is -2.23. The predicted molar refractivity (Wildman–Crippen MR) is 117 cm³/mol. The Morgan fingerprint density at radius 3 is 2.52 bits per heavy atom. The zero-order chi connectivity index (χ0) is 24.1. The van der Waals surface area contributed by atoms with Gasteiger partial charge in [-0.1, -0.05) is 42.3 Å². The molecule has 0 aliphatic carbocycles. The number of hydrogen-bond acceptors (Lipinski definition) is 5. The zero-order valence-corrected chi connectivity index (χ0v) is 19.0. The lowest BCUT2D eigenvalue weighted by molar-refractivity contribution is -0.137. The second kappa shape index (κ2) is 8.15. The maximum absolute atomic E-state index is 13.1. The molecule has 33 heavy (non-hydrogen) atoms. The molecule has 0 saturated heterocycles. The van der Waals surface area contributed by atoms with Crippen molar-refractivity contribution < 1.29 is 21.6 Å². The monoisotopic (exact) mass is 516 g/mol. The molecule has 0 fully saturated rings. The van der Waals surface area contributed by atoms with E-state index >= 15 is 0 Å². The molecule has 13 heteroatoms. The predicted octanol–water partition coefficient (Wildman–Crippen LogP) is 4.67. The molecule has 0 aliphatic rings. The summed E-state index contributed by atoms with van der Waals surface area (Å²) >= 11 is 12.3. The Balaban J connectivity index is 1.98. The average molecular weight is 517 g/mol. The smallest absolute Gasteiger partial charge is 0.249 e. The van der Waals surface area contributed by atoms with Crippen LogP contribution in [0.1, 0.15) is 12.5 Å². The molecule has 0 saturated carbocycles. The quantitative estimate of drug-likeness (QED) is 0.393. The molecule has 7 nitrogen and oxygen atoms in total. The van der Waals surface area contributed by atoms with Crippen LogP contribution in [0.15, 0.2) is 58.5 Å². The van der Waals surface area contributed by atoms with E-state index in [4.69, 9.17) is 23.2 Å². The van der Waals surface area contributed by atoms with Crippen molar-refractivity contribution in [2.75, 3.05) is 5.75 Å². The summed E-state index contributed by atoms with van der Waals surface area (Å²) in [4.78, 5) is 16.6. The number of nitrogens with zero attached hydrogens (tertiary/aromatic N) is 4. The molecule has 0 amide bonds. The van der Waals surface area contributed by atoms with Gasteiger partial charge in [0.25, 0.3) is 0 Å². The number of sulfone groups is 1. The van der Waals surface area contributed by atoms with Gasteiger partial charge in [-0.05, 0) is 24.3 Å². The van der Waals surface area contributed by atoms with Gasteiger partial charge in [-0.15, -0.1) is 5.10 Å². The summed E-state index contributed by atoms with van der Waals surface area (Å²) in [6.07, 6.45) is -2.81. The molecule has 172 valence electrons. The molecule has 3 aromatic heterocycles. The summed E-state index contributed by atoms with van der Waals surface area (Å²) in [6.45, 7) is 1.40. The molecule has 3 heterocycles. The van der Waals surface area contributed by atoms with Crippen LogP contribution in [-0.2, 0) is 16.0 Å². The minimum Gasteiger partial charge on any atom is -0.249 e. The van der Waals surface area contributed by atoms with Crippen LogP contribution in [0.4, 0.5) is 13.2 Å². The Kier molecular flexibility index (Phi) is 5.75. The van der Waals surface area contributed by atoms with Gasteiger partial charge in [-0.3, -0.25) is 0 Å². The first kappa shape index (κ1) is 23.3. The molecule has 0 radical (unpaired) electrons. The first-order valence-corrected chi connectivity index (χ1v) is 11.7. The first-order valence-electron chi connectivity index (χ1n) is 9.30. The number of halogens is 5. The van der Waals surface area contributed by atoms with Crippen LogP contribution in [0.5, 0.6) is 0 Å². The second-order valence-electron chi connectivity index (χ2n) is 6.89. The van der Waals surface area contributed by atoms with Gasteiger partial charge in [0.05, 0.1) is 21.4 Å². The van der Waals surface area contributed by atoms with E-state index in [1.807, 2.05) is 0 Å². The third-order valence-corrected chi connectivity index (χ3v) is 7.40. The molecule has 0 unspecified atom stereocenters. The number of alkyl halides is 3. The summed E-state index contributed by atoms with van der Waals surface area (Å²) in [7, 11) is -3.94. The number of hydrogen-bond donors (Lipinski definition) is 0. The fourth-order valence-electron chi connectivity index (χ4n) is 3.14. The highest BCUT2D eigenvalue weighted by atomic mass is 35.5. The maximum Gasteiger partial charge on any atom is 0.417 e. The summed E-state index contributed by atoms with van der Waals surface area (Å²) in [5.41, 5.74) is -1.46. The molecular formula is C20H13Cl2F3N4O3S. The molecule has 4 aromatic rings. The number of fused-ring (bicyclic) bond motifs is 1. The molecule has 1 aromatic carbocycles. The van der Waals surface area contributed by atoms with E-state index in [2.05, 4.69) is 10.1 Å². The van der Waals surface area contributed by atoms with E-state index in [9.17, 15) is 26.4 Å². The normalized spacial score (nSPS) is 12.4. The molecule has 4 rings (SSSR count). The Bertz CT molecular complexity index is 1560. The molecule has 0 bridgehead atoms. The Morgan fingerprint density at radius 2 is 1.85 bits per heavy atom. The van der Waals surface area contributed by atoms with Crippen molar-refractivity contribution in [1.29, 1.82) is 0 Å². The van der Waals surface area contributed by atoms with Gasteiger partial charge in [0.1, 0.15) is 4.90 Å². The summed E-state index contributed by atoms with van der Waals surface area (Å²) in [6, 6.07) is 7.85. The second-order valence-corrected chi connectivity index (χ2v) is 9.92. The number of benzene rings is 1. The van der Waals surface area contributed by atoms with Crippen LogP contribution in [0.2, 0.25) is 10.0 Å². The van der Waals surface area contributed by atoms with Gasteiger partial charge in [-0.2, -0.15) is 17.9 Å². The van der Waals surface area contributed by atoms with Crippen LogP contribution < -0.4 is 5.69 Å². The minimum atomic E-state index is -4.68. The van der Waals surface area contributed by atoms with Crippen molar-refractivity contribution in [2.24, 2.45) is 0 Å². The summed E-state index contributed by atoms with van der Waals surface area (Å²) < 4.78 is 66.2. The van der Waals surface area contributed by atoms with E-state index in [-0.39, 0.29) is 32.2 Å². The van der Waals surface area contributed by atoms with Gasteiger partial charge in [0.15, 0.2) is 21.3 Å². The summed E-state index contributed by atoms with van der Waals surface area (Å²) in [5.74, 6) is -0.671. The van der Waals surface area contributed by atoms with Crippen molar-refractivity contribution in [1.82, 2.24) is 19.2 Å². The van der Waals surface area contributed by atoms with Gasteiger partial charge in [0.2, 0.25) is 0 Å². The topological polar surface area (TPSA) is 86.3 Å². The van der Waals surface area contributed by atoms with E-state index < -0.39 is 27.3 Å². The molecule has 0 N–H and O–H groups in total. The van der Waals surface area contributed by atoms with Crippen LogP contribution >= 0.6 is 23.2 Å². The van der Waals surface area contributed by atoms with Crippen LogP contribution in [0, 0.1) is 0 Å². The van der Waals surface area contributed by atoms with Crippen molar-refractivity contribution >= 4 is 38.7 Å². The maximum atomic E-state index is 13.1. The van der Waals surface area contributed by atoms with E-state index in [0.717, 1.165) is 12.1 Å². The third-order valence-electron chi connectivity index (χ3n) is 4.86. The number of rotatable bonds is 4. The highest BCUT2D eigenvalue weighted by molar-refractivity contribution is 7.91. The Morgan fingerprint density at radius 1 is 1.12 bits per heavy atom. The Labute approximate surface area is 194 Å². The van der Waals surface area contributed by atoms with Crippen LogP contribution in [0.25, 0.3) is 22.6 Å². The number of pyridine rings is 2. The van der Waals surface area contributed by atoms with Gasteiger partial charge >= 0.3 is 11.9 Å². The number of aromatic nitrogens is 4. The Hall–Kier alpha value is -2.89. The van der Waals surface area contributed by atoms with Crippen LogP contribution in [-0.4, -0.2) is 33.3 Å². The first-order chi connectivity index (χ1) is 15.4. The SMILES string of the molecule is CCS(=O)(=O)c1cc(-c2cccc(Cl)c2Cl)cnc1-n1nc2ccc(C(F)(F)F)cn2c1=O. The van der Waals surface area contributed by atoms with Gasteiger partial charge in [0, 0.05) is 23.5 Å². The van der Waals surface area contributed by atoms with E-state index in [0.29, 0.717) is 26.4 Å². The highest BCUT2D eigenvalue weighted by Crippen LogP contribution is 2.35. The van der Waals surface area contributed by atoms with Gasteiger partial charge in [-0.25, -0.2) is 22.6 Å². The molecule has 0 aliphatic heterocycles. The fourth-order valence-corrected chi connectivity index (χ4v) is 4.58. The third kappa shape index (κ3) is 4.11. The molecule has 0 spiro atoms. The largest absolute Gasteiger partial charge is 0.417 e. The summed E-state index contributed by atoms with van der Waals surface area (Å²) in [5, 5.41) is 4.40. The fraction of sp³-hybridized carbons (Fsp3) is 0.150. The standard InChI is InChI=1S/C20H13Cl2F3N4O3S/c1-2-33(31,32)15-8-11(13-4-3-5-14(21)17(13)22)9-26-18(15)29-19(30)28-10-12(20(23,24)25)6-7-16(28)27-29/h3-10H,2H2,1H3. The van der Waals surface area contributed by atoms with Crippen molar-refractivity contribution in [3.63, 3.8) is 0 Å². The molecular weight excluding hydrogens is 504 g/mol. The van der Waals surface area contributed by atoms with E-state index in [1.54, 1.807) is 18.2 Å². The molecule has 0 atom stereocenters. The van der Waals surface area contributed by atoms with Crippen molar-refractivity contribution in [2.45, 2.75) is 18.0 Å². The minimum absolute atomic E-state index is 0.114. The lowest BCUT2D eigenvalue weighted by atomic mass is 10.1. The zero-order valence-electron chi connectivity index (χ0n) is 16.6. The highest BCUT2D eigenvalue weighted by Gasteiger charge is 2.31. The van der Waals surface area contributed by atoms with E-state index in [1.165, 1.54) is 19.2 Å². The van der Waals surface area contributed by atoms with Crippen LogP contribution in [0.3, 0.4) is 0 Å². The van der Waals surface area contributed by atoms with Crippen molar-refractivity contribution in [3.8, 4) is 16.9 Å². The average Bonchev–Trinajstić information content (AvgIpc) is 3.10. The van der Waals surface area contributed by atoms with Crippen molar-refractivity contribution in [3.05, 3.63) is 74.9 Å². The van der Waals surface area contributed by atoms with Gasteiger partial charge < -0.3 is 0 Å². The lowest BCUT2D eigenvalue weighted by Gasteiger charge is -2.11.